The average Bonchev–Trinajstić information content (AvgIpc) is 3.29. The third-order valence-corrected chi connectivity index (χ3v) is 6.14. The molecule has 7 nitrogen and oxygen atoms in total. The Morgan fingerprint density at radius 3 is 2.21 bits per heavy atom. The summed E-state index contributed by atoms with van der Waals surface area (Å²) in [6.45, 7) is 6.16. The Hall–Kier alpha value is -3.23. The minimum Gasteiger partial charge on any atom is -0.332 e. The van der Waals surface area contributed by atoms with Crippen LogP contribution in [-0.2, 0) is 13.1 Å². The number of aromatic nitrogens is 1. The number of carbonyl (C=O) groups is 2. The van der Waals surface area contributed by atoms with Gasteiger partial charge in [-0.3, -0.25) is 4.79 Å². The maximum Gasteiger partial charge on any atom is 0.322 e. The van der Waals surface area contributed by atoms with Crippen LogP contribution in [0.5, 0.6) is 0 Å². The molecular weight excluding hydrogens is 446 g/mol. The molecule has 0 bridgehead atoms. The number of hydrogen-bond donors (Lipinski definition) is 1. The number of rotatable bonds is 10. The summed E-state index contributed by atoms with van der Waals surface area (Å²) >= 11 is 1.40. The van der Waals surface area contributed by atoms with E-state index in [1.165, 1.54) is 11.3 Å². The molecule has 3 rings (SSSR count). The molecule has 1 heterocycles. The fourth-order valence-corrected chi connectivity index (χ4v) is 4.14. The first kappa shape index (κ1) is 25.4. The number of para-hydroxylation sites is 1. The van der Waals surface area contributed by atoms with Gasteiger partial charge in [0.2, 0.25) is 0 Å². The van der Waals surface area contributed by atoms with Crippen molar-refractivity contribution in [3.8, 4) is 0 Å². The molecule has 3 aromatic rings. The third-order valence-electron chi connectivity index (χ3n) is 5.31. The van der Waals surface area contributed by atoms with E-state index in [-0.39, 0.29) is 18.0 Å². The smallest absolute Gasteiger partial charge is 0.322 e. The van der Waals surface area contributed by atoms with E-state index in [1.54, 1.807) is 10.3 Å². The Kier molecular flexibility index (Phi) is 9.18. The molecule has 0 radical (unpaired) electrons. The molecule has 180 valence electrons. The number of nitrogens with zero attached hydrogens (tertiary/aromatic N) is 4. The molecule has 8 heteroatoms. The van der Waals surface area contributed by atoms with E-state index in [9.17, 15) is 9.59 Å². The molecule has 0 aliphatic rings. The lowest BCUT2D eigenvalue weighted by Gasteiger charge is -2.26. The van der Waals surface area contributed by atoms with Gasteiger partial charge < -0.3 is 20.0 Å². The molecular formula is C26H33N5O2S. The van der Waals surface area contributed by atoms with Crippen LogP contribution in [0.2, 0.25) is 0 Å². The fraction of sp³-hybridized carbons (Fsp3) is 0.346. The van der Waals surface area contributed by atoms with Crippen LogP contribution in [0.25, 0.3) is 0 Å². The summed E-state index contributed by atoms with van der Waals surface area (Å²) in [7, 11) is 3.99. The highest BCUT2D eigenvalue weighted by atomic mass is 32.1. The van der Waals surface area contributed by atoms with Crippen molar-refractivity contribution >= 4 is 29.0 Å². The molecule has 0 atom stereocenters. The second-order valence-electron chi connectivity index (χ2n) is 8.66. The van der Waals surface area contributed by atoms with Gasteiger partial charge in [0.05, 0.1) is 6.54 Å². The van der Waals surface area contributed by atoms with Crippen LogP contribution in [0.15, 0.2) is 66.0 Å². The second-order valence-corrected chi connectivity index (χ2v) is 9.60. The molecule has 0 spiro atoms. The van der Waals surface area contributed by atoms with E-state index in [4.69, 9.17) is 0 Å². The quantitative estimate of drug-likeness (QED) is 0.454. The molecule has 34 heavy (non-hydrogen) atoms. The molecule has 1 aromatic heterocycles. The third kappa shape index (κ3) is 7.40. The molecule has 0 aliphatic carbocycles. The van der Waals surface area contributed by atoms with Gasteiger partial charge in [-0.05, 0) is 45.6 Å². The Morgan fingerprint density at radius 2 is 1.59 bits per heavy atom. The number of urea groups is 1. The number of benzene rings is 2. The molecule has 0 saturated carbocycles. The van der Waals surface area contributed by atoms with Crippen molar-refractivity contribution in [2.24, 2.45) is 0 Å². The van der Waals surface area contributed by atoms with Gasteiger partial charge >= 0.3 is 6.03 Å². The number of thiazole rings is 1. The topological polar surface area (TPSA) is 68.8 Å². The maximum atomic E-state index is 13.3. The first-order chi connectivity index (χ1) is 16.3. The number of anilines is 1. The number of carbonyl (C=O) groups excluding carboxylic acids is 2. The largest absolute Gasteiger partial charge is 0.332 e. The fourth-order valence-electron chi connectivity index (χ4n) is 3.37. The van der Waals surface area contributed by atoms with Crippen LogP contribution in [0.4, 0.5) is 10.5 Å². The first-order valence-electron chi connectivity index (χ1n) is 11.4. The predicted molar refractivity (Wildman–Crippen MR) is 138 cm³/mol. The van der Waals surface area contributed by atoms with Gasteiger partial charge in [0, 0.05) is 36.7 Å². The van der Waals surface area contributed by atoms with Crippen molar-refractivity contribution in [1.29, 1.82) is 0 Å². The summed E-state index contributed by atoms with van der Waals surface area (Å²) in [5, 5.41) is 5.45. The summed E-state index contributed by atoms with van der Waals surface area (Å²) < 4.78 is 0. The molecule has 0 fully saturated rings. The lowest BCUT2D eigenvalue weighted by molar-refractivity contribution is 0.0726. The molecule has 0 saturated heterocycles. The normalized spacial score (nSPS) is 11.0. The van der Waals surface area contributed by atoms with Crippen LogP contribution in [0, 0.1) is 0 Å². The maximum absolute atomic E-state index is 13.3. The minimum atomic E-state index is -0.194. The zero-order valence-electron chi connectivity index (χ0n) is 20.3. The van der Waals surface area contributed by atoms with Gasteiger partial charge in [-0.2, -0.15) is 0 Å². The van der Waals surface area contributed by atoms with Crippen LogP contribution in [0.1, 0.15) is 34.9 Å². The van der Waals surface area contributed by atoms with Crippen molar-refractivity contribution in [3.63, 3.8) is 0 Å². The van der Waals surface area contributed by atoms with E-state index < -0.39 is 0 Å². The summed E-state index contributed by atoms with van der Waals surface area (Å²) in [5.41, 5.74) is 2.24. The second kappa shape index (κ2) is 12.3. The summed E-state index contributed by atoms with van der Waals surface area (Å²) in [6, 6.07) is 19.1. The van der Waals surface area contributed by atoms with E-state index in [2.05, 4.69) is 15.2 Å². The number of nitrogens with one attached hydrogen (secondary N) is 1. The van der Waals surface area contributed by atoms with Gasteiger partial charge in [0.1, 0.15) is 10.7 Å². The van der Waals surface area contributed by atoms with Crippen LogP contribution < -0.4 is 5.32 Å². The molecule has 0 unspecified atom stereocenters. The SMILES string of the molecule is CC(C)N(Cc1nc(C(=O)N(CCN(C)C)Cc2ccccc2)cs1)C(=O)Nc1ccccc1. The van der Waals surface area contributed by atoms with Gasteiger partial charge in [0.15, 0.2) is 0 Å². The average molecular weight is 480 g/mol. The highest BCUT2D eigenvalue weighted by Crippen LogP contribution is 2.18. The van der Waals surface area contributed by atoms with Crippen molar-refractivity contribution in [3.05, 3.63) is 82.3 Å². The number of likely N-dealkylation sites (N-methyl/N-ethyl adjacent to an activating group) is 1. The Bertz CT molecular complexity index is 1050. The lowest BCUT2D eigenvalue weighted by atomic mass is 10.2. The molecule has 0 aliphatic heterocycles. The van der Waals surface area contributed by atoms with Crippen molar-refractivity contribution in [1.82, 2.24) is 19.7 Å². The lowest BCUT2D eigenvalue weighted by Crippen LogP contribution is -2.39. The predicted octanol–water partition coefficient (Wildman–Crippen LogP) is 4.79. The van der Waals surface area contributed by atoms with Crippen molar-refractivity contribution < 1.29 is 9.59 Å². The monoisotopic (exact) mass is 479 g/mol. The molecule has 3 amide bonds. The molecule has 1 N–H and O–H groups in total. The van der Waals surface area contributed by atoms with Gasteiger partial charge in [0.25, 0.3) is 5.91 Å². The standard InChI is InChI=1S/C26H33N5O2S/c1-20(2)31(26(33)27-22-13-9-6-10-14-22)18-24-28-23(19-34-24)25(32)30(16-15-29(3)4)17-21-11-7-5-8-12-21/h5-14,19-20H,15-18H2,1-4H3,(H,27,33). The van der Waals surface area contributed by atoms with Gasteiger partial charge in [-0.15, -0.1) is 11.3 Å². The van der Waals surface area contributed by atoms with Crippen molar-refractivity contribution in [2.75, 3.05) is 32.5 Å². The van der Waals surface area contributed by atoms with E-state index >= 15 is 0 Å². The number of hydrogen-bond acceptors (Lipinski definition) is 5. The Morgan fingerprint density at radius 1 is 0.941 bits per heavy atom. The highest BCUT2D eigenvalue weighted by Gasteiger charge is 2.22. The summed E-state index contributed by atoms with van der Waals surface area (Å²) in [5.74, 6) is -0.0990. The summed E-state index contributed by atoms with van der Waals surface area (Å²) in [4.78, 5) is 36.4. The zero-order valence-corrected chi connectivity index (χ0v) is 21.1. The summed E-state index contributed by atoms with van der Waals surface area (Å²) in [6.07, 6.45) is 0. The van der Waals surface area contributed by atoms with Gasteiger partial charge in [-0.25, -0.2) is 9.78 Å². The van der Waals surface area contributed by atoms with Crippen LogP contribution >= 0.6 is 11.3 Å². The van der Waals surface area contributed by atoms with E-state index in [0.717, 1.165) is 22.8 Å². The van der Waals surface area contributed by atoms with E-state index in [0.29, 0.717) is 25.3 Å². The highest BCUT2D eigenvalue weighted by molar-refractivity contribution is 7.09. The Labute approximate surface area is 206 Å². The van der Waals surface area contributed by atoms with Crippen molar-refractivity contribution in [2.45, 2.75) is 33.0 Å². The zero-order chi connectivity index (χ0) is 24.5. The van der Waals surface area contributed by atoms with E-state index in [1.807, 2.05) is 93.5 Å². The number of amides is 3. The first-order valence-corrected chi connectivity index (χ1v) is 12.3. The van der Waals surface area contributed by atoms with Crippen LogP contribution in [0.3, 0.4) is 0 Å². The minimum absolute atomic E-state index is 0.0264. The van der Waals surface area contributed by atoms with Crippen LogP contribution in [-0.4, -0.2) is 64.8 Å². The van der Waals surface area contributed by atoms with Gasteiger partial charge in [-0.1, -0.05) is 48.5 Å². The Balaban J connectivity index is 1.71. The molecule has 2 aromatic carbocycles.